The molecule has 0 saturated carbocycles. The maximum atomic E-state index is 15.0. The van der Waals surface area contributed by atoms with E-state index in [1.54, 1.807) is 31.5 Å². The number of nitrogens with zero attached hydrogens (tertiary/aromatic N) is 3. The van der Waals surface area contributed by atoms with Crippen molar-refractivity contribution in [2.24, 2.45) is 0 Å². The average Bonchev–Trinajstić information content (AvgIpc) is 2.85. The van der Waals surface area contributed by atoms with E-state index in [0.717, 1.165) is 30.5 Å². The number of pyridine rings is 1. The normalized spacial score (nSPS) is 15.7. The molecular weight excluding hydrogens is 448 g/mol. The summed E-state index contributed by atoms with van der Waals surface area (Å²) in [5, 5.41) is 0. The van der Waals surface area contributed by atoms with E-state index >= 15 is 8.78 Å². The monoisotopic (exact) mass is 473 g/mol. The van der Waals surface area contributed by atoms with Crippen molar-refractivity contribution in [3.8, 4) is 11.8 Å². The lowest BCUT2D eigenvalue weighted by Crippen LogP contribution is -2.57. The van der Waals surface area contributed by atoms with Gasteiger partial charge in [-0.1, -0.05) is 30.0 Å². The van der Waals surface area contributed by atoms with Crippen LogP contribution in [0, 0.1) is 23.5 Å². The van der Waals surface area contributed by atoms with Crippen LogP contribution in [0.1, 0.15) is 42.9 Å². The third-order valence-corrected chi connectivity index (χ3v) is 6.00. The highest BCUT2D eigenvalue weighted by molar-refractivity contribution is 6.16. The summed E-state index contributed by atoms with van der Waals surface area (Å²) in [5.41, 5.74) is 1.29. The number of hydrogen-bond donors (Lipinski definition) is 0. The summed E-state index contributed by atoms with van der Waals surface area (Å²) in [6.07, 6.45) is 5.62. The van der Waals surface area contributed by atoms with Crippen molar-refractivity contribution in [1.82, 2.24) is 9.88 Å². The molecule has 1 unspecified atom stereocenters. The molecule has 2 heterocycles. The van der Waals surface area contributed by atoms with Crippen molar-refractivity contribution < 1.29 is 18.4 Å². The SMILES string of the molecule is CCN1C(=O)N(c2c(F)cc(C#Cc3ccccc3)cc2F)C(=O)CC1CCCc1ccncc1. The van der Waals surface area contributed by atoms with E-state index in [1.165, 1.54) is 4.90 Å². The number of halogens is 2. The minimum Gasteiger partial charge on any atom is -0.321 e. The Bertz CT molecular complexity index is 1250. The average molecular weight is 474 g/mol. The van der Waals surface area contributed by atoms with Gasteiger partial charge in [-0.15, -0.1) is 0 Å². The molecule has 0 radical (unpaired) electrons. The van der Waals surface area contributed by atoms with Crippen molar-refractivity contribution >= 4 is 17.6 Å². The first kappa shape index (κ1) is 24.1. The fourth-order valence-electron chi connectivity index (χ4n) is 4.27. The van der Waals surface area contributed by atoms with Crippen LogP contribution in [0.3, 0.4) is 0 Å². The molecule has 5 nitrogen and oxygen atoms in total. The number of imide groups is 1. The topological polar surface area (TPSA) is 53.5 Å². The summed E-state index contributed by atoms with van der Waals surface area (Å²) in [4.78, 5) is 32.2. The van der Waals surface area contributed by atoms with E-state index in [9.17, 15) is 9.59 Å². The molecule has 0 N–H and O–H groups in total. The van der Waals surface area contributed by atoms with Gasteiger partial charge in [0.1, 0.15) is 5.69 Å². The highest BCUT2D eigenvalue weighted by Crippen LogP contribution is 2.31. The molecule has 0 spiro atoms. The van der Waals surface area contributed by atoms with E-state index < -0.39 is 29.3 Å². The van der Waals surface area contributed by atoms with Crippen LogP contribution in [0.5, 0.6) is 0 Å². The molecule has 2 aromatic carbocycles. The van der Waals surface area contributed by atoms with Gasteiger partial charge in [-0.2, -0.15) is 0 Å². The second kappa shape index (κ2) is 10.9. The second-order valence-corrected chi connectivity index (χ2v) is 8.31. The van der Waals surface area contributed by atoms with E-state index in [0.29, 0.717) is 23.4 Å². The van der Waals surface area contributed by atoms with Crippen LogP contribution >= 0.6 is 0 Å². The zero-order valence-corrected chi connectivity index (χ0v) is 19.4. The smallest absolute Gasteiger partial charge is 0.321 e. The van der Waals surface area contributed by atoms with Gasteiger partial charge in [0.25, 0.3) is 0 Å². The molecule has 3 amide bonds. The molecule has 178 valence electrons. The predicted molar refractivity (Wildman–Crippen MR) is 130 cm³/mol. The Morgan fingerprint density at radius 1 is 0.971 bits per heavy atom. The molecule has 1 fully saturated rings. The molecule has 1 aliphatic heterocycles. The van der Waals surface area contributed by atoms with Gasteiger partial charge in [0.05, 0.1) is 0 Å². The third-order valence-electron chi connectivity index (χ3n) is 6.00. The molecule has 1 aliphatic rings. The molecule has 0 bridgehead atoms. The number of amides is 3. The number of benzene rings is 2. The number of anilines is 1. The molecule has 1 aromatic heterocycles. The summed E-state index contributed by atoms with van der Waals surface area (Å²) >= 11 is 0. The zero-order chi connectivity index (χ0) is 24.8. The number of urea groups is 1. The van der Waals surface area contributed by atoms with Gasteiger partial charge in [0.2, 0.25) is 5.91 Å². The minimum absolute atomic E-state index is 0.00433. The van der Waals surface area contributed by atoms with Crippen molar-refractivity contribution in [3.05, 3.63) is 95.3 Å². The summed E-state index contributed by atoms with van der Waals surface area (Å²) < 4.78 is 30.0. The Morgan fingerprint density at radius 2 is 1.63 bits per heavy atom. The van der Waals surface area contributed by atoms with Crippen LogP contribution in [0.25, 0.3) is 0 Å². The van der Waals surface area contributed by atoms with Crippen LogP contribution in [-0.2, 0) is 11.2 Å². The molecule has 4 rings (SSSR count). The van der Waals surface area contributed by atoms with Crippen LogP contribution < -0.4 is 4.90 Å². The highest BCUT2D eigenvalue weighted by Gasteiger charge is 2.40. The lowest BCUT2D eigenvalue weighted by molar-refractivity contribution is -0.120. The fourth-order valence-corrected chi connectivity index (χ4v) is 4.27. The predicted octanol–water partition coefficient (Wildman–Crippen LogP) is 5.33. The van der Waals surface area contributed by atoms with E-state index in [1.807, 2.05) is 30.3 Å². The van der Waals surface area contributed by atoms with Crippen molar-refractivity contribution in [2.75, 3.05) is 11.4 Å². The number of aromatic nitrogens is 1. The summed E-state index contributed by atoms with van der Waals surface area (Å²) in [7, 11) is 0. The molecule has 3 aromatic rings. The van der Waals surface area contributed by atoms with Crippen molar-refractivity contribution in [3.63, 3.8) is 0 Å². The summed E-state index contributed by atoms with van der Waals surface area (Å²) in [5.74, 6) is 2.95. The first-order valence-electron chi connectivity index (χ1n) is 11.6. The lowest BCUT2D eigenvalue weighted by atomic mass is 9.99. The van der Waals surface area contributed by atoms with Gasteiger partial charge in [-0.05, 0) is 68.1 Å². The first-order chi connectivity index (χ1) is 17.0. The van der Waals surface area contributed by atoms with Gasteiger partial charge >= 0.3 is 6.03 Å². The first-order valence-corrected chi connectivity index (χ1v) is 11.6. The fraction of sp³-hybridized carbons (Fsp3) is 0.250. The third kappa shape index (κ3) is 5.55. The standard InChI is InChI=1S/C28H25F2N3O2/c1-2-32-23(10-6-9-21-13-15-31-16-14-21)19-26(34)33(28(32)35)27-24(29)17-22(18-25(27)30)12-11-20-7-4-3-5-8-20/h3-5,7-8,13-18,23H,2,6,9-10,19H2,1H3. The number of aryl methyl sites for hydroxylation is 1. The maximum Gasteiger partial charge on any atom is 0.331 e. The zero-order valence-electron chi connectivity index (χ0n) is 19.4. The minimum atomic E-state index is -1.00. The molecule has 7 heteroatoms. The Labute approximate surface area is 203 Å². The largest absolute Gasteiger partial charge is 0.331 e. The highest BCUT2D eigenvalue weighted by atomic mass is 19.1. The molecule has 1 saturated heterocycles. The summed E-state index contributed by atoms with van der Waals surface area (Å²) in [6.45, 7) is 2.11. The van der Waals surface area contributed by atoms with Crippen molar-refractivity contribution in [2.45, 2.75) is 38.6 Å². The second-order valence-electron chi connectivity index (χ2n) is 8.31. The van der Waals surface area contributed by atoms with Gasteiger partial charge in [0, 0.05) is 42.5 Å². The number of carbonyl (C=O) groups is 2. The van der Waals surface area contributed by atoms with Crippen LogP contribution in [0.4, 0.5) is 19.3 Å². The van der Waals surface area contributed by atoms with E-state index in [2.05, 4.69) is 16.8 Å². The van der Waals surface area contributed by atoms with Crippen LogP contribution in [-0.4, -0.2) is 34.4 Å². The number of rotatable bonds is 6. The molecule has 35 heavy (non-hydrogen) atoms. The van der Waals surface area contributed by atoms with Gasteiger partial charge < -0.3 is 4.90 Å². The summed E-state index contributed by atoms with van der Waals surface area (Å²) in [6, 6.07) is 14.0. The lowest BCUT2D eigenvalue weighted by Gasteiger charge is -2.40. The van der Waals surface area contributed by atoms with Gasteiger partial charge in [0.15, 0.2) is 11.6 Å². The van der Waals surface area contributed by atoms with Crippen LogP contribution in [0.2, 0.25) is 0 Å². The Hall–Kier alpha value is -4.05. The Morgan fingerprint density at radius 3 is 2.29 bits per heavy atom. The molecular formula is C28H25F2N3O2. The van der Waals surface area contributed by atoms with Gasteiger partial charge in [-0.3, -0.25) is 9.78 Å². The molecule has 1 atom stereocenters. The van der Waals surface area contributed by atoms with Gasteiger partial charge in [-0.25, -0.2) is 18.5 Å². The maximum absolute atomic E-state index is 15.0. The Kier molecular flexibility index (Phi) is 7.51. The number of hydrogen-bond acceptors (Lipinski definition) is 3. The molecule has 0 aliphatic carbocycles. The quantitative estimate of drug-likeness (QED) is 0.455. The van der Waals surface area contributed by atoms with Crippen molar-refractivity contribution in [1.29, 1.82) is 0 Å². The van der Waals surface area contributed by atoms with E-state index in [4.69, 9.17) is 0 Å². The van der Waals surface area contributed by atoms with E-state index in [-0.39, 0.29) is 18.0 Å². The number of carbonyl (C=O) groups excluding carboxylic acids is 2. The van der Waals surface area contributed by atoms with Crippen LogP contribution in [0.15, 0.2) is 67.0 Å². The Balaban J connectivity index is 1.51.